The molecule has 21 heavy (non-hydrogen) atoms. The van der Waals surface area contributed by atoms with E-state index in [1.165, 1.54) is 0 Å². The van der Waals surface area contributed by atoms with Crippen LogP contribution in [0.15, 0.2) is 30.5 Å². The molecule has 0 saturated heterocycles. The lowest BCUT2D eigenvalue weighted by Crippen LogP contribution is -2.42. The number of carbonyl (C=O) groups is 1. The number of aromatic nitrogens is 1. The van der Waals surface area contributed by atoms with Crippen LogP contribution >= 0.6 is 0 Å². The van der Waals surface area contributed by atoms with E-state index in [9.17, 15) is 4.79 Å². The fourth-order valence-electron chi connectivity index (χ4n) is 2.80. The van der Waals surface area contributed by atoms with Crippen molar-refractivity contribution in [3.05, 3.63) is 36.0 Å². The molecule has 0 amide bonds. The van der Waals surface area contributed by atoms with Gasteiger partial charge < -0.3 is 9.88 Å². The quantitative estimate of drug-likeness (QED) is 0.796. The molecule has 0 fully saturated rings. The molecule has 0 aliphatic rings. The summed E-state index contributed by atoms with van der Waals surface area (Å²) in [5, 5.41) is 1.01. The van der Waals surface area contributed by atoms with E-state index in [2.05, 4.69) is 42.7 Å². The Morgan fingerprint density at radius 3 is 2.67 bits per heavy atom. The first-order valence-corrected chi connectivity index (χ1v) is 7.51. The average molecular weight is 287 g/mol. The number of hydrogen-bond donors (Lipinski definition) is 1. The van der Waals surface area contributed by atoms with Crippen LogP contribution in [0.25, 0.3) is 10.9 Å². The van der Waals surface area contributed by atoms with Gasteiger partial charge in [-0.1, -0.05) is 25.1 Å². The van der Waals surface area contributed by atoms with E-state index in [0.717, 1.165) is 29.6 Å². The third kappa shape index (κ3) is 3.71. The highest BCUT2D eigenvalue weighted by Gasteiger charge is 2.19. The highest BCUT2D eigenvalue weighted by molar-refractivity contribution is 6.08. The molecule has 0 spiro atoms. The second-order valence-corrected chi connectivity index (χ2v) is 5.85. The minimum atomic E-state index is 0.180. The minimum Gasteiger partial charge on any atom is -0.360 e. The third-order valence-electron chi connectivity index (χ3n) is 3.90. The van der Waals surface area contributed by atoms with Crippen molar-refractivity contribution in [2.24, 2.45) is 0 Å². The van der Waals surface area contributed by atoms with Crippen LogP contribution in [0.4, 0.5) is 0 Å². The topological polar surface area (TPSA) is 39.3 Å². The number of nitrogens with zero attached hydrogens (tertiary/aromatic N) is 2. The Balaban J connectivity index is 2.12. The van der Waals surface area contributed by atoms with E-state index < -0.39 is 0 Å². The number of carbonyl (C=O) groups excluding carboxylic acids is 1. The molecule has 0 aliphatic carbocycles. The van der Waals surface area contributed by atoms with Crippen LogP contribution in [0.2, 0.25) is 0 Å². The molecule has 1 unspecified atom stereocenters. The number of ketones is 1. The zero-order valence-electron chi connectivity index (χ0n) is 13.4. The van der Waals surface area contributed by atoms with E-state index in [1.807, 2.05) is 30.5 Å². The molecule has 2 aromatic rings. The Morgan fingerprint density at radius 2 is 2.00 bits per heavy atom. The summed E-state index contributed by atoms with van der Waals surface area (Å²) < 4.78 is 0. The molecule has 1 aromatic carbocycles. The van der Waals surface area contributed by atoms with E-state index in [-0.39, 0.29) is 5.78 Å². The lowest BCUT2D eigenvalue weighted by atomic mass is 10.1. The van der Waals surface area contributed by atoms with Gasteiger partial charge in [0, 0.05) is 35.2 Å². The number of para-hydroxylation sites is 1. The van der Waals surface area contributed by atoms with E-state index in [1.54, 1.807) is 0 Å². The van der Waals surface area contributed by atoms with Gasteiger partial charge in [0.1, 0.15) is 0 Å². The second-order valence-electron chi connectivity index (χ2n) is 5.85. The van der Waals surface area contributed by atoms with Crippen molar-refractivity contribution in [3.63, 3.8) is 0 Å². The van der Waals surface area contributed by atoms with Gasteiger partial charge in [0.05, 0.1) is 6.54 Å². The third-order valence-corrected chi connectivity index (χ3v) is 3.90. The van der Waals surface area contributed by atoms with E-state index in [4.69, 9.17) is 0 Å². The molecule has 0 radical (unpaired) electrons. The number of H-pyrrole nitrogens is 1. The summed E-state index contributed by atoms with van der Waals surface area (Å²) in [5.74, 6) is 0.180. The number of likely N-dealkylation sites (N-methyl/N-ethyl adjacent to an activating group) is 2. The Hall–Kier alpha value is -1.65. The maximum atomic E-state index is 12.6. The Labute approximate surface area is 126 Å². The standard InChI is InChI=1S/C17H25N3O/c1-5-20(13(2)11-19(3)4)12-17(21)15-10-18-16-9-7-6-8-14(15)16/h6-10,13,18H,5,11-12H2,1-4H3. The van der Waals surface area contributed by atoms with Gasteiger partial charge in [0.25, 0.3) is 0 Å². The number of Topliss-reactive ketones (excluding diaryl/α,β-unsaturated/α-hetero) is 1. The zero-order valence-corrected chi connectivity index (χ0v) is 13.4. The molecule has 2 rings (SSSR count). The second kappa shape index (κ2) is 6.87. The lowest BCUT2D eigenvalue weighted by molar-refractivity contribution is 0.0890. The molecule has 0 bridgehead atoms. The van der Waals surface area contributed by atoms with Crippen molar-refractivity contribution in [2.45, 2.75) is 19.9 Å². The van der Waals surface area contributed by atoms with Gasteiger partial charge in [-0.3, -0.25) is 9.69 Å². The van der Waals surface area contributed by atoms with Crippen LogP contribution in [0.1, 0.15) is 24.2 Å². The van der Waals surface area contributed by atoms with Crippen molar-refractivity contribution < 1.29 is 4.79 Å². The molecule has 4 heteroatoms. The van der Waals surface area contributed by atoms with Gasteiger partial charge in [0.15, 0.2) is 5.78 Å². The number of rotatable bonds is 7. The molecule has 1 aromatic heterocycles. The van der Waals surface area contributed by atoms with Gasteiger partial charge >= 0.3 is 0 Å². The van der Waals surface area contributed by atoms with Crippen LogP contribution in [-0.4, -0.2) is 60.3 Å². The lowest BCUT2D eigenvalue weighted by Gasteiger charge is -2.29. The van der Waals surface area contributed by atoms with Crippen LogP contribution in [0.3, 0.4) is 0 Å². The Morgan fingerprint density at radius 1 is 1.29 bits per heavy atom. The molecule has 1 atom stereocenters. The van der Waals surface area contributed by atoms with E-state index in [0.29, 0.717) is 12.6 Å². The van der Waals surface area contributed by atoms with Crippen molar-refractivity contribution in [1.82, 2.24) is 14.8 Å². The Bertz CT molecular complexity index is 603. The van der Waals surface area contributed by atoms with Crippen LogP contribution < -0.4 is 0 Å². The molecular weight excluding hydrogens is 262 g/mol. The van der Waals surface area contributed by atoms with Gasteiger partial charge in [-0.15, -0.1) is 0 Å². The highest BCUT2D eigenvalue weighted by Crippen LogP contribution is 2.18. The summed E-state index contributed by atoms with van der Waals surface area (Å²) >= 11 is 0. The Kier molecular flexibility index (Phi) is 5.15. The smallest absolute Gasteiger partial charge is 0.178 e. The number of benzene rings is 1. The van der Waals surface area contributed by atoms with Crippen LogP contribution in [-0.2, 0) is 0 Å². The predicted octanol–water partition coefficient (Wildman–Crippen LogP) is 2.62. The van der Waals surface area contributed by atoms with Gasteiger partial charge in [-0.25, -0.2) is 0 Å². The summed E-state index contributed by atoms with van der Waals surface area (Å²) in [6.07, 6.45) is 1.83. The normalized spacial score (nSPS) is 13.2. The van der Waals surface area contributed by atoms with E-state index >= 15 is 0 Å². The highest BCUT2D eigenvalue weighted by atomic mass is 16.1. The monoisotopic (exact) mass is 287 g/mol. The molecule has 4 nitrogen and oxygen atoms in total. The fraction of sp³-hybridized carbons (Fsp3) is 0.471. The number of nitrogens with one attached hydrogen (secondary N) is 1. The molecule has 0 aliphatic heterocycles. The summed E-state index contributed by atoms with van der Waals surface area (Å²) in [5.41, 5.74) is 1.81. The van der Waals surface area contributed by atoms with Crippen molar-refractivity contribution in [3.8, 4) is 0 Å². The van der Waals surface area contributed by atoms with Gasteiger partial charge in [0.2, 0.25) is 0 Å². The number of fused-ring (bicyclic) bond motifs is 1. The summed E-state index contributed by atoms with van der Waals surface area (Å²) in [7, 11) is 4.12. The first-order valence-electron chi connectivity index (χ1n) is 7.51. The van der Waals surface area contributed by atoms with Crippen molar-refractivity contribution in [2.75, 3.05) is 33.7 Å². The predicted molar refractivity (Wildman–Crippen MR) is 87.9 cm³/mol. The van der Waals surface area contributed by atoms with Crippen molar-refractivity contribution in [1.29, 1.82) is 0 Å². The first-order chi connectivity index (χ1) is 10.0. The summed E-state index contributed by atoms with van der Waals surface area (Å²) in [6.45, 7) is 6.58. The summed E-state index contributed by atoms with van der Waals surface area (Å²) in [4.78, 5) is 20.2. The average Bonchev–Trinajstić information content (AvgIpc) is 2.87. The molecular formula is C17H25N3O. The summed E-state index contributed by atoms with van der Waals surface area (Å²) in [6, 6.07) is 8.31. The maximum Gasteiger partial charge on any atom is 0.178 e. The zero-order chi connectivity index (χ0) is 15.4. The largest absolute Gasteiger partial charge is 0.360 e. The van der Waals surface area contributed by atoms with Crippen LogP contribution in [0.5, 0.6) is 0 Å². The van der Waals surface area contributed by atoms with Gasteiger partial charge in [-0.2, -0.15) is 0 Å². The number of hydrogen-bond acceptors (Lipinski definition) is 3. The van der Waals surface area contributed by atoms with Crippen LogP contribution in [0, 0.1) is 0 Å². The SMILES string of the molecule is CCN(CC(=O)c1c[nH]c2ccccc12)C(C)CN(C)C. The minimum absolute atomic E-state index is 0.180. The fourth-order valence-corrected chi connectivity index (χ4v) is 2.80. The van der Waals surface area contributed by atoms with Crippen molar-refractivity contribution >= 4 is 16.7 Å². The van der Waals surface area contributed by atoms with Gasteiger partial charge in [-0.05, 0) is 33.6 Å². The molecule has 0 saturated carbocycles. The molecule has 1 N–H and O–H groups in total. The molecule has 114 valence electrons. The first kappa shape index (κ1) is 15.7. The maximum absolute atomic E-state index is 12.6. The number of aromatic amines is 1. The molecule has 1 heterocycles.